The number of rotatable bonds is 4. The van der Waals surface area contributed by atoms with Crippen molar-refractivity contribution in [2.24, 2.45) is 5.92 Å². The molecule has 0 bridgehead atoms. The minimum Gasteiger partial charge on any atom is -0.368 e. The molecule has 0 radical (unpaired) electrons. The molecule has 0 saturated carbocycles. The van der Waals surface area contributed by atoms with Crippen molar-refractivity contribution in [3.63, 3.8) is 0 Å². The molecule has 0 spiro atoms. The van der Waals surface area contributed by atoms with Gasteiger partial charge in [0.25, 0.3) is 0 Å². The second-order valence-corrected chi connectivity index (χ2v) is 10.8. The maximum Gasteiger partial charge on any atom is 0.416 e. The molecule has 2 heterocycles. The number of anilines is 1. The Hall–Kier alpha value is -2.59. The monoisotopic (exact) mass is 495 g/mol. The second kappa shape index (κ2) is 9.58. The van der Waals surface area contributed by atoms with Crippen LogP contribution in [0.25, 0.3) is 0 Å². The van der Waals surface area contributed by atoms with Gasteiger partial charge in [-0.2, -0.15) is 17.5 Å². The zero-order chi connectivity index (χ0) is 24.5. The summed E-state index contributed by atoms with van der Waals surface area (Å²) in [6.45, 7) is 4.23. The molecule has 2 aromatic carbocycles. The molecular weight excluding hydrogens is 467 g/mol. The topological polar surface area (TPSA) is 60.9 Å². The van der Waals surface area contributed by atoms with Crippen molar-refractivity contribution < 1.29 is 26.4 Å². The molecule has 2 saturated heterocycles. The first-order valence-corrected chi connectivity index (χ1v) is 12.8. The van der Waals surface area contributed by atoms with E-state index in [1.807, 2.05) is 11.8 Å². The van der Waals surface area contributed by atoms with Crippen molar-refractivity contribution in [2.75, 3.05) is 44.2 Å². The fourth-order valence-corrected chi connectivity index (χ4v) is 5.99. The van der Waals surface area contributed by atoms with Gasteiger partial charge in [-0.3, -0.25) is 4.79 Å². The molecule has 4 rings (SSSR count). The highest BCUT2D eigenvalue weighted by Gasteiger charge is 2.35. The van der Waals surface area contributed by atoms with Gasteiger partial charge < -0.3 is 9.80 Å². The third kappa shape index (κ3) is 5.22. The molecule has 2 aliphatic heterocycles. The third-order valence-electron chi connectivity index (χ3n) is 6.59. The van der Waals surface area contributed by atoms with Crippen LogP contribution in [0.5, 0.6) is 0 Å². The minimum absolute atomic E-state index is 0.00363. The highest BCUT2D eigenvalue weighted by molar-refractivity contribution is 7.89. The standard InChI is InChI=1S/C24H28F3N3O3S/c1-18-5-7-22(8-6-18)34(32,33)30-11-9-19(10-12-30)23(31)29-15-13-28(14-16-29)21-4-2-3-20(17-21)24(25,26)27/h2-8,17,19H,9-16H2,1H3. The van der Waals surface area contributed by atoms with Crippen LogP contribution in [-0.2, 0) is 21.0 Å². The summed E-state index contributed by atoms with van der Waals surface area (Å²) in [6, 6.07) is 12.0. The van der Waals surface area contributed by atoms with E-state index in [1.54, 1.807) is 35.2 Å². The van der Waals surface area contributed by atoms with Gasteiger partial charge in [0, 0.05) is 50.9 Å². The summed E-state index contributed by atoms with van der Waals surface area (Å²) in [5, 5.41) is 0. The molecule has 0 atom stereocenters. The van der Waals surface area contributed by atoms with Gasteiger partial charge in [-0.1, -0.05) is 23.8 Å². The van der Waals surface area contributed by atoms with Crippen molar-refractivity contribution in [1.82, 2.24) is 9.21 Å². The van der Waals surface area contributed by atoms with Gasteiger partial charge >= 0.3 is 6.18 Å². The Labute approximate surface area is 198 Å². The molecule has 184 valence electrons. The number of piperidine rings is 1. The number of hydrogen-bond donors (Lipinski definition) is 0. The summed E-state index contributed by atoms with van der Waals surface area (Å²) in [7, 11) is -3.58. The van der Waals surface area contributed by atoms with E-state index < -0.39 is 21.8 Å². The summed E-state index contributed by atoms with van der Waals surface area (Å²) < 4.78 is 66.2. The van der Waals surface area contributed by atoms with Gasteiger partial charge in [0.05, 0.1) is 10.5 Å². The number of nitrogens with zero attached hydrogens (tertiary/aromatic N) is 3. The van der Waals surface area contributed by atoms with E-state index in [1.165, 1.54) is 10.4 Å². The number of piperazine rings is 1. The van der Waals surface area contributed by atoms with Crippen LogP contribution in [0.4, 0.5) is 18.9 Å². The Morgan fingerprint density at radius 3 is 2.12 bits per heavy atom. The van der Waals surface area contributed by atoms with Gasteiger partial charge in [0.1, 0.15) is 0 Å². The molecule has 0 aliphatic carbocycles. The molecule has 10 heteroatoms. The Morgan fingerprint density at radius 2 is 1.53 bits per heavy atom. The molecule has 6 nitrogen and oxygen atoms in total. The lowest BCUT2D eigenvalue weighted by Gasteiger charge is -2.39. The molecular formula is C24H28F3N3O3S. The van der Waals surface area contributed by atoms with Gasteiger partial charge in [0.15, 0.2) is 0 Å². The summed E-state index contributed by atoms with van der Waals surface area (Å²) >= 11 is 0. The van der Waals surface area contributed by atoms with Crippen molar-refractivity contribution in [2.45, 2.75) is 30.8 Å². The second-order valence-electron chi connectivity index (χ2n) is 8.85. The highest BCUT2D eigenvalue weighted by atomic mass is 32.2. The quantitative estimate of drug-likeness (QED) is 0.648. The zero-order valence-corrected chi connectivity index (χ0v) is 19.8. The van der Waals surface area contributed by atoms with Crippen LogP contribution < -0.4 is 4.90 Å². The fraction of sp³-hybridized carbons (Fsp3) is 0.458. The first kappa shape index (κ1) is 24.5. The van der Waals surface area contributed by atoms with Crippen LogP contribution >= 0.6 is 0 Å². The average molecular weight is 496 g/mol. The van der Waals surface area contributed by atoms with E-state index in [2.05, 4.69) is 0 Å². The van der Waals surface area contributed by atoms with E-state index in [0.717, 1.165) is 17.7 Å². The van der Waals surface area contributed by atoms with Crippen LogP contribution in [0, 0.1) is 12.8 Å². The summed E-state index contributed by atoms with van der Waals surface area (Å²) in [6.07, 6.45) is -3.48. The summed E-state index contributed by atoms with van der Waals surface area (Å²) in [5.41, 5.74) is 0.795. The number of hydrogen-bond acceptors (Lipinski definition) is 4. The first-order chi connectivity index (χ1) is 16.1. The van der Waals surface area contributed by atoms with E-state index in [-0.39, 0.29) is 29.8 Å². The van der Waals surface area contributed by atoms with Crippen LogP contribution in [0.2, 0.25) is 0 Å². The number of halogens is 3. The Kier molecular flexibility index (Phi) is 6.91. The lowest BCUT2D eigenvalue weighted by molar-refractivity contribution is -0.137. The number of carbonyl (C=O) groups excluding carboxylic acids is 1. The normalized spacial score (nSPS) is 18.8. The largest absolute Gasteiger partial charge is 0.416 e. The SMILES string of the molecule is Cc1ccc(S(=O)(=O)N2CCC(C(=O)N3CCN(c4cccc(C(F)(F)F)c4)CC3)CC2)cc1. The van der Waals surface area contributed by atoms with Crippen molar-refractivity contribution in [1.29, 1.82) is 0 Å². The zero-order valence-electron chi connectivity index (χ0n) is 19.0. The Morgan fingerprint density at radius 1 is 0.912 bits per heavy atom. The molecule has 0 unspecified atom stereocenters. The molecule has 0 N–H and O–H groups in total. The molecule has 2 fully saturated rings. The maximum absolute atomic E-state index is 13.0. The van der Waals surface area contributed by atoms with E-state index >= 15 is 0 Å². The van der Waals surface area contributed by atoms with Gasteiger partial charge in [-0.05, 0) is 50.1 Å². The highest BCUT2D eigenvalue weighted by Crippen LogP contribution is 2.32. The van der Waals surface area contributed by atoms with Crippen LogP contribution in [0.15, 0.2) is 53.4 Å². The maximum atomic E-state index is 13.0. The van der Waals surface area contributed by atoms with Gasteiger partial charge in [-0.15, -0.1) is 0 Å². The number of alkyl halides is 3. The van der Waals surface area contributed by atoms with E-state index in [9.17, 15) is 26.4 Å². The van der Waals surface area contributed by atoms with Gasteiger partial charge in [0.2, 0.25) is 15.9 Å². The average Bonchev–Trinajstić information content (AvgIpc) is 2.83. The fourth-order valence-electron chi connectivity index (χ4n) is 4.52. The van der Waals surface area contributed by atoms with Crippen LogP contribution in [0.3, 0.4) is 0 Å². The lowest BCUT2D eigenvalue weighted by Crippen LogP contribution is -2.52. The van der Waals surface area contributed by atoms with E-state index in [0.29, 0.717) is 44.7 Å². The molecule has 2 aromatic rings. The number of amides is 1. The number of sulfonamides is 1. The van der Waals surface area contributed by atoms with Crippen molar-refractivity contribution >= 4 is 21.6 Å². The van der Waals surface area contributed by atoms with E-state index in [4.69, 9.17) is 0 Å². The summed E-state index contributed by atoms with van der Waals surface area (Å²) in [5.74, 6) is -0.249. The Balaban J connectivity index is 1.31. The Bertz CT molecular complexity index is 1120. The number of benzene rings is 2. The smallest absolute Gasteiger partial charge is 0.368 e. The number of carbonyl (C=O) groups is 1. The lowest BCUT2D eigenvalue weighted by atomic mass is 9.96. The minimum atomic E-state index is -4.39. The van der Waals surface area contributed by atoms with Crippen molar-refractivity contribution in [3.8, 4) is 0 Å². The molecule has 1 amide bonds. The third-order valence-corrected chi connectivity index (χ3v) is 8.50. The predicted octanol–water partition coefficient (Wildman–Crippen LogP) is 3.76. The molecule has 34 heavy (non-hydrogen) atoms. The summed E-state index contributed by atoms with van der Waals surface area (Å²) in [4.78, 5) is 16.9. The predicted molar refractivity (Wildman–Crippen MR) is 123 cm³/mol. The first-order valence-electron chi connectivity index (χ1n) is 11.3. The number of aryl methyl sites for hydroxylation is 1. The molecule has 2 aliphatic rings. The van der Waals surface area contributed by atoms with Gasteiger partial charge in [-0.25, -0.2) is 8.42 Å². The van der Waals surface area contributed by atoms with Crippen molar-refractivity contribution in [3.05, 3.63) is 59.7 Å². The van der Waals surface area contributed by atoms with Crippen LogP contribution in [0.1, 0.15) is 24.0 Å². The van der Waals surface area contributed by atoms with Crippen LogP contribution in [-0.4, -0.2) is 62.8 Å². The molecule has 0 aromatic heterocycles.